The van der Waals surface area contributed by atoms with Gasteiger partial charge >= 0.3 is 0 Å². The number of carbonyl (C=O) groups excluding carboxylic acids is 1. The molecule has 0 rings (SSSR count). The molecule has 0 fully saturated rings. The van der Waals surface area contributed by atoms with E-state index < -0.39 is 0 Å². The number of rotatable bonds is 7. The van der Waals surface area contributed by atoms with E-state index in [-0.39, 0.29) is 17.5 Å². The predicted octanol–water partition coefficient (Wildman–Crippen LogP) is 1.31. The monoisotopic (exact) mass is 230 g/mol. The first kappa shape index (κ1) is 15.4. The molecule has 96 valence electrons. The zero-order chi connectivity index (χ0) is 12.6. The van der Waals surface area contributed by atoms with Gasteiger partial charge in [0, 0.05) is 18.8 Å². The van der Waals surface area contributed by atoms with Crippen LogP contribution in [0.4, 0.5) is 0 Å². The molecule has 4 nitrogen and oxygen atoms in total. The van der Waals surface area contributed by atoms with E-state index in [1.54, 1.807) is 0 Å². The first-order valence-electron chi connectivity index (χ1n) is 6.00. The van der Waals surface area contributed by atoms with Gasteiger partial charge in [-0.2, -0.15) is 0 Å². The minimum atomic E-state index is -0.168. The van der Waals surface area contributed by atoms with Crippen molar-refractivity contribution in [2.75, 3.05) is 19.8 Å². The molecule has 1 unspecified atom stereocenters. The Labute approximate surface area is 99.1 Å². The first-order valence-corrected chi connectivity index (χ1v) is 6.00. The fourth-order valence-electron chi connectivity index (χ4n) is 1.21. The standard InChI is InChI=1S/C12H26N2O2/c1-6-16-9-7-8-13-10(2)11(15)14-12(3,4)5/h10,13H,6-9H2,1-5H3,(H,14,15). The topological polar surface area (TPSA) is 50.4 Å². The molecule has 0 saturated heterocycles. The van der Waals surface area contributed by atoms with Gasteiger partial charge < -0.3 is 15.4 Å². The van der Waals surface area contributed by atoms with Gasteiger partial charge in [-0.25, -0.2) is 0 Å². The van der Waals surface area contributed by atoms with E-state index in [9.17, 15) is 4.79 Å². The van der Waals surface area contributed by atoms with Gasteiger partial charge in [-0.3, -0.25) is 4.79 Å². The van der Waals surface area contributed by atoms with Crippen molar-refractivity contribution in [2.45, 2.75) is 52.6 Å². The van der Waals surface area contributed by atoms with Crippen LogP contribution in [0.15, 0.2) is 0 Å². The van der Waals surface area contributed by atoms with Crippen LogP contribution in [0.25, 0.3) is 0 Å². The van der Waals surface area contributed by atoms with Gasteiger partial charge in [-0.1, -0.05) is 0 Å². The van der Waals surface area contributed by atoms with Crippen LogP contribution in [0.3, 0.4) is 0 Å². The summed E-state index contributed by atoms with van der Waals surface area (Å²) in [6.45, 7) is 12.1. The van der Waals surface area contributed by atoms with Crippen LogP contribution in [0.1, 0.15) is 41.0 Å². The molecule has 0 aromatic heterocycles. The third-order valence-corrected chi connectivity index (χ3v) is 2.01. The highest BCUT2D eigenvalue weighted by molar-refractivity contribution is 5.81. The molecule has 1 atom stereocenters. The van der Waals surface area contributed by atoms with Gasteiger partial charge in [0.1, 0.15) is 0 Å². The van der Waals surface area contributed by atoms with E-state index in [1.165, 1.54) is 0 Å². The lowest BCUT2D eigenvalue weighted by molar-refractivity contribution is -0.124. The maximum absolute atomic E-state index is 11.7. The smallest absolute Gasteiger partial charge is 0.237 e. The average Bonchev–Trinajstić information content (AvgIpc) is 2.14. The number of ether oxygens (including phenoxy) is 1. The highest BCUT2D eigenvalue weighted by Gasteiger charge is 2.18. The van der Waals surface area contributed by atoms with Gasteiger partial charge in [-0.15, -0.1) is 0 Å². The second kappa shape index (κ2) is 7.63. The van der Waals surface area contributed by atoms with Crippen LogP contribution in [0, 0.1) is 0 Å². The minimum Gasteiger partial charge on any atom is -0.382 e. The molecule has 0 heterocycles. The molecule has 0 bridgehead atoms. The molecule has 0 radical (unpaired) electrons. The van der Waals surface area contributed by atoms with Crippen molar-refractivity contribution in [3.05, 3.63) is 0 Å². The summed E-state index contributed by atoms with van der Waals surface area (Å²) in [5, 5.41) is 6.11. The molecule has 0 aromatic rings. The molecule has 0 spiro atoms. The van der Waals surface area contributed by atoms with Gasteiger partial charge in [-0.05, 0) is 47.6 Å². The van der Waals surface area contributed by atoms with E-state index in [4.69, 9.17) is 4.74 Å². The molecule has 0 aliphatic rings. The number of carbonyl (C=O) groups is 1. The highest BCUT2D eigenvalue weighted by atomic mass is 16.5. The third kappa shape index (κ3) is 8.68. The van der Waals surface area contributed by atoms with E-state index in [2.05, 4.69) is 10.6 Å². The van der Waals surface area contributed by atoms with Gasteiger partial charge in [0.05, 0.1) is 6.04 Å². The summed E-state index contributed by atoms with van der Waals surface area (Å²) in [5.74, 6) is 0.0453. The van der Waals surface area contributed by atoms with E-state index >= 15 is 0 Å². The molecule has 0 aliphatic heterocycles. The van der Waals surface area contributed by atoms with Crippen molar-refractivity contribution in [1.82, 2.24) is 10.6 Å². The summed E-state index contributed by atoms with van der Waals surface area (Å²) in [5.41, 5.74) is -0.168. The fourth-order valence-corrected chi connectivity index (χ4v) is 1.21. The van der Waals surface area contributed by atoms with Crippen LogP contribution in [-0.2, 0) is 9.53 Å². The van der Waals surface area contributed by atoms with Gasteiger partial charge in [0.25, 0.3) is 0 Å². The van der Waals surface area contributed by atoms with E-state index in [1.807, 2.05) is 34.6 Å². The van der Waals surface area contributed by atoms with Crippen molar-refractivity contribution < 1.29 is 9.53 Å². The quantitative estimate of drug-likeness (QED) is 0.648. The summed E-state index contributed by atoms with van der Waals surface area (Å²) in [7, 11) is 0. The molecule has 4 heteroatoms. The van der Waals surface area contributed by atoms with Gasteiger partial charge in [0.15, 0.2) is 0 Å². The van der Waals surface area contributed by atoms with Gasteiger partial charge in [0.2, 0.25) is 5.91 Å². The van der Waals surface area contributed by atoms with Crippen molar-refractivity contribution in [3.63, 3.8) is 0 Å². The zero-order valence-corrected chi connectivity index (χ0v) is 11.2. The van der Waals surface area contributed by atoms with Crippen molar-refractivity contribution in [2.24, 2.45) is 0 Å². The molecule has 2 N–H and O–H groups in total. The van der Waals surface area contributed by atoms with Crippen molar-refractivity contribution in [1.29, 1.82) is 0 Å². The van der Waals surface area contributed by atoms with E-state index in [0.29, 0.717) is 0 Å². The van der Waals surface area contributed by atoms with E-state index in [0.717, 1.165) is 26.2 Å². The lowest BCUT2D eigenvalue weighted by atomic mass is 10.1. The molecular formula is C12H26N2O2. The summed E-state index contributed by atoms with van der Waals surface area (Å²) in [6, 6.07) is -0.152. The largest absolute Gasteiger partial charge is 0.382 e. The number of hydrogen-bond acceptors (Lipinski definition) is 3. The Morgan fingerprint density at radius 1 is 1.38 bits per heavy atom. The van der Waals surface area contributed by atoms with Crippen LogP contribution < -0.4 is 10.6 Å². The predicted molar refractivity (Wildman–Crippen MR) is 66.5 cm³/mol. The summed E-state index contributed by atoms with van der Waals surface area (Å²) >= 11 is 0. The summed E-state index contributed by atoms with van der Waals surface area (Å²) in [6.07, 6.45) is 0.932. The maximum Gasteiger partial charge on any atom is 0.237 e. The average molecular weight is 230 g/mol. The lowest BCUT2D eigenvalue weighted by Crippen LogP contribution is -2.49. The lowest BCUT2D eigenvalue weighted by Gasteiger charge is -2.23. The number of nitrogens with one attached hydrogen (secondary N) is 2. The molecule has 16 heavy (non-hydrogen) atoms. The zero-order valence-electron chi connectivity index (χ0n) is 11.2. The number of hydrogen-bond donors (Lipinski definition) is 2. The van der Waals surface area contributed by atoms with Crippen LogP contribution in [0.5, 0.6) is 0 Å². The third-order valence-electron chi connectivity index (χ3n) is 2.01. The Balaban J connectivity index is 3.64. The highest BCUT2D eigenvalue weighted by Crippen LogP contribution is 1.99. The Bertz CT molecular complexity index is 200. The maximum atomic E-state index is 11.7. The van der Waals surface area contributed by atoms with Crippen LogP contribution in [-0.4, -0.2) is 37.2 Å². The molecule has 1 amide bonds. The Morgan fingerprint density at radius 3 is 2.50 bits per heavy atom. The Hall–Kier alpha value is -0.610. The minimum absolute atomic E-state index is 0.0453. The Morgan fingerprint density at radius 2 is 2.00 bits per heavy atom. The van der Waals surface area contributed by atoms with Crippen LogP contribution >= 0.6 is 0 Å². The molecule has 0 aliphatic carbocycles. The SMILES string of the molecule is CCOCCCNC(C)C(=O)NC(C)(C)C. The fraction of sp³-hybridized carbons (Fsp3) is 0.917. The number of amides is 1. The first-order chi connectivity index (χ1) is 7.37. The molecule has 0 saturated carbocycles. The summed E-state index contributed by atoms with van der Waals surface area (Å²) in [4.78, 5) is 11.7. The second-order valence-corrected chi connectivity index (χ2v) is 4.97. The summed E-state index contributed by atoms with van der Waals surface area (Å²) < 4.78 is 5.22. The second-order valence-electron chi connectivity index (χ2n) is 4.97. The normalized spacial score (nSPS) is 13.6. The molecular weight excluding hydrogens is 204 g/mol. The van der Waals surface area contributed by atoms with Crippen LogP contribution in [0.2, 0.25) is 0 Å². The van der Waals surface area contributed by atoms with Crippen molar-refractivity contribution >= 4 is 5.91 Å². The molecule has 0 aromatic carbocycles. The Kier molecular flexibility index (Phi) is 7.34. The van der Waals surface area contributed by atoms with Crippen molar-refractivity contribution in [3.8, 4) is 0 Å².